The van der Waals surface area contributed by atoms with Gasteiger partial charge in [0.15, 0.2) is 6.10 Å². The van der Waals surface area contributed by atoms with Gasteiger partial charge in [0, 0.05) is 24.5 Å². The van der Waals surface area contributed by atoms with Crippen molar-refractivity contribution in [3.8, 4) is 5.75 Å². The molecular formula is C24H26N2O7. The van der Waals surface area contributed by atoms with Gasteiger partial charge in [-0.05, 0) is 59.9 Å². The molecule has 2 aliphatic heterocycles. The molecule has 4 rings (SSSR count). The van der Waals surface area contributed by atoms with Crippen LogP contribution in [0.15, 0.2) is 53.3 Å². The number of ether oxygens (including phenoxy) is 2. The number of aliphatic carboxylic acids is 1. The van der Waals surface area contributed by atoms with E-state index in [0.29, 0.717) is 23.4 Å². The maximum atomic E-state index is 11.6. The summed E-state index contributed by atoms with van der Waals surface area (Å²) in [7, 11) is 1.49. The summed E-state index contributed by atoms with van der Waals surface area (Å²) < 4.78 is 10.9. The highest BCUT2D eigenvalue weighted by Gasteiger charge is 2.47. The predicted octanol–water partition coefficient (Wildman–Crippen LogP) is 1.36. The summed E-state index contributed by atoms with van der Waals surface area (Å²) in [6.45, 7) is 0.700. The van der Waals surface area contributed by atoms with Crippen LogP contribution in [-0.2, 0) is 9.53 Å². The molecule has 1 aromatic carbocycles. The summed E-state index contributed by atoms with van der Waals surface area (Å²) in [6, 6.07) is 8.93. The molecule has 3 heterocycles. The second-order valence-electron chi connectivity index (χ2n) is 8.03. The fourth-order valence-electron chi connectivity index (χ4n) is 4.19. The molecule has 33 heavy (non-hydrogen) atoms. The van der Waals surface area contributed by atoms with Crippen molar-refractivity contribution in [2.75, 3.05) is 13.7 Å². The highest BCUT2D eigenvalue weighted by Crippen LogP contribution is 2.37. The monoisotopic (exact) mass is 454 g/mol. The first-order chi connectivity index (χ1) is 15.9. The molecule has 0 spiro atoms. The molecule has 1 aromatic heterocycles. The lowest BCUT2D eigenvalue weighted by atomic mass is 9.87. The van der Waals surface area contributed by atoms with Crippen LogP contribution in [0.4, 0.5) is 0 Å². The summed E-state index contributed by atoms with van der Waals surface area (Å²) in [6.07, 6.45) is -0.893. The molecule has 2 aromatic rings. The Balaban J connectivity index is 1.78. The number of aliphatic hydroxyl groups excluding tert-OH is 3. The van der Waals surface area contributed by atoms with E-state index in [1.807, 2.05) is 18.2 Å². The second-order valence-corrected chi connectivity index (χ2v) is 8.03. The summed E-state index contributed by atoms with van der Waals surface area (Å²) in [5.41, 5.74) is 3.75. The molecule has 0 radical (unpaired) electrons. The normalized spacial score (nSPS) is 28.9. The van der Waals surface area contributed by atoms with Gasteiger partial charge in [-0.25, -0.2) is 4.79 Å². The van der Waals surface area contributed by atoms with Crippen LogP contribution in [0, 0.1) is 0 Å². The van der Waals surface area contributed by atoms with Crippen molar-refractivity contribution in [3.05, 3.63) is 65.0 Å². The number of methoxy groups -OCH3 is 1. The lowest BCUT2D eigenvalue weighted by Crippen LogP contribution is -2.56. The number of pyridine rings is 1. The Morgan fingerprint density at radius 3 is 2.70 bits per heavy atom. The van der Waals surface area contributed by atoms with Crippen LogP contribution in [0.2, 0.25) is 0 Å². The molecule has 9 nitrogen and oxygen atoms in total. The molecule has 9 heteroatoms. The van der Waals surface area contributed by atoms with E-state index < -0.39 is 36.5 Å². The van der Waals surface area contributed by atoms with E-state index in [9.17, 15) is 25.2 Å². The van der Waals surface area contributed by atoms with Crippen molar-refractivity contribution in [3.63, 3.8) is 0 Å². The summed E-state index contributed by atoms with van der Waals surface area (Å²) in [4.78, 5) is 20.4. The average Bonchev–Trinajstić information content (AvgIpc) is 2.84. The number of allylic oxidation sites excluding steroid dienone is 1. The van der Waals surface area contributed by atoms with Crippen LogP contribution in [0.25, 0.3) is 6.08 Å². The van der Waals surface area contributed by atoms with Crippen LogP contribution >= 0.6 is 0 Å². The number of carbonyl (C=O) groups is 1. The molecule has 0 unspecified atom stereocenters. The fourth-order valence-corrected chi connectivity index (χ4v) is 4.19. The number of rotatable bonds is 5. The number of carboxylic acids is 1. The van der Waals surface area contributed by atoms with E-state index in [1.54, 1.807) is 30.6 Å². The average molecular weight is 454 g/mol. The van der Waals surface area contributed by atoms with E-state index in [2.05, 4.69) is 9.98 Å². The van der Waals surface area contributed by atoms with Crippen LogP contribution in [0.3, 0.4) is 0 Å². The molecule has 0 amide bonds. The van der Waals surface area contributed by atoms with E-state index in [1.165, 1.54) is 7.11 Å². The molecule has 5 atom stereocenters. The number of nitrogens with zero attached hydrogens (tertiary/aromatic N) is 2. The van der Waals surface area contributed by atoms with Crippen LogP contribution in [0.1, 0.15) is 35.6 Å². The number of hydrogen-bond donors (Lipinski definition) is 4. The third-order valence-electron chi connectivity index (χ3n) is 5.90. The maximum absolute atomic E-state index is 11.6. The van der Waals surface area contributed by atoms with Gasteiger partial charge in [-0.1, -0.05) is 6.07 Å². The van der Waals surface area contributed by atoms with Gasteiger partial charge in [-0.3, -0.25) is 9.98 Å². The molecule has 0 aliphatic carbocycles. The third kappa shape index (κ3) is 4.67. The van der Waals surface area contributed by atoms with Crippen molar-refractivity contribution < 1.29 is 34.7 Å². The van der Waals surface area contributed by atoms with Crippen molar-refractivity contribution in [1.29, 1.82) is 0 Å². The quantitative estimate of drug-likeness (QED) is 0.531. The van der Waals surface area contributed by atoms with Crippen molar-refractivity contribution in [1.82, 2.24) is 4.98 Å². The number of carboxylic acid groups (broad SMARTS) is 1. The number of aliphatic hydroxyl groups is 3. The van der Waals surface area contributed by atoms with Gasteiger partial charge in [0.1, 0.15) is 30.2 Å². The smallest absolute Gasteiger partial charge is 0.335 e. The Morgan fingerprint density at radius 1 is 1.18 bits per heavy atom. The highest BCUT2D eigenvalue weighted by molar-refractivity contribution is 6.15. The van der Waals surface area contributed by atoms with Gasteiger partial charge in [-0.2, -0.15) is 0 Å². The van der Waals surface area contributed by atoms with E-state index in [-0.39, 0.29) is 0 Å². The molecule has 0 saturated carbocycles. The maximum Gasteiger partial charge on any atom is 0.335 e. The SMILES string of the molecule is COc1ccc(/C=C2\CCCN=C2c2cccnc2)c([C@@H]2O[C@H](C(=O)O)[C@@H](O)[C@H](O)[C@H]2O)c1. The molecule has 4 N–H and O–H groups in total. The van der Waals surface area contributed by atoms with Gasteiger partial charge in [0.2, 0.25) is 0 Å². The van der Waals surface area contributed by atoms with Crippen LogP contribution in [-0.4, -0.2) is 75.2 Å². The standard InChI is InChI=1S/C24H26N2O7/c1-32-16-7-6-13(10-14-4-3-9-26-18(14)15-5-2-8-25-12-15)17(11-16)22-20(28)19(27)21(29)23(33-22)24(30)31/h2,5-8,10-12,19-23,27-29H,3-4,9H2,1H3,(H,30,31)/b14-10+/t19-,20-,21+,22+,23+/m1/s1. The Bertz CT molecular complexity index is 1070. The summed E-state index contributed by atoms with van der Waals surface area (Å²) in [5.74, 6) is -0.959. The topological polar surface area (TPSA) is 142 Å². The number of aliphatic imine (C=N–C) groups is 1. The van der Waals surface area contributed by atoms with Crippen molar-refractivity contribution in [2.45, 2.75) is 43.4 Å². The predicted molar refractivity (Wildman–Crippen MR) is 119 cm³/mol. The van der Waals surface area contributed by atoms with E-state index in [4.69, 9.17) is 9.47 Å². The van der Waals surface area contributed by atoms with Crippen LogP contribution in [0.5, 0.6) is 5.75 Å². The zero-order valence-corrected chi connectivity index (χ0v) is 18.0. The minimum atomic E-state index is -1.76. The Hall–Kier alpha value is -3.11. The molecule has 1 fully saturated rings. The highest BCUT2D eigenvalue weighted by atomic mass is 16.6. The zero-order valence-electron chi connectivity index (χ0n) is 18.0. The van der Waals surface area contributed by atoms with Gasteiger partial charge in [0.25, 0.3) is 0 Å². The number of hydrogen-bond acceptors (Lipinski definition) is 8. The number of aromatic nitrogens is 1. The largest absolute Gasteiger partial charge is 0.497 e. The summed E-state index contributed by atoms with van der Waals surface area (Å²) in [5, 5.41) is 40.5. The number of benzene rings is 1. The lowest BCUT2D eigenvalue weighted by molar-refractivity contribution is -0.229. The molecule has 0 bridgehead atoms. The van der Waals surface area contributed by atoms with Crippen molar-refractivity contribution >= 4 is 17.8 Å². The molecule has 1 saturated heterocycles. The van der Waals surface area contributed by atoms with E-state index in [0.717, 1.165) is 29.7 Å². The van der Waals surface area contributed by atoms with E-state index >= 15 is 0 Å². The van der Waals surface area contributed by atoms with Gasteiger partial charge >= 0.3 is 5.97 Å². The summed E-state index contributed by atoms with van der Waals surface area (Å²) >= 11 is 0. The Morgan fingerprint density at radius 2 is 2.00 bits per heavy atom. The molecule has 2 aliphatic rings. The van der Waals surface area contributed by atoms with Gasteiger partial charge in [0.05, 0.1) is 12.8 Å². The lowest BCUT2D eigenvalue weighted by Gasteiger charge is -2.39. The second kappa shape index (κ2) is 9.80. The third-order valence-corrected chi connectivity index (χ3v) is 5.90. The van der Waals surface area contributed by atoms with Crippen molar-refractivity contribution in [2.24, 2.45) is 4.99 Å². The first-order valence-electron chi connectivity index (χ1n) is 10.7. The van der Waals surface area contributed by atoms with Gasteiger partial charge in [-0.15, -0.1) is 0 Å². The molecule has 174 valence electrons. The first-order valence-corrected chi connectivity index (χ1v) is 10.7. The fraction of sp³-hybridized carbons (Fsp3) is 0.375. The Kier molecular flexibility index (Phi) is 6.85. The van der Waals surface area contributed by atoms with Gasteiger partial charge < -0.3 is 29.9 Å². The minimum Gasteiger partial charge on any atom is -0.497 e. The van der Waals surface area contributed by atoms with Crippen LogP contribution < -0.4 is 4.74 Å². The molecular weight excluding hydrogens is 428 g/mol. The zero-order chi connectivity index (χ0) is 23.5. The minimum absolute atomic E-state index is 0.433. The Labute approximate surface area is 190 Å². The first kappa shape index (κ1) is 23.1.